The first-order valence-corrected chi connectivity index (χ1v) is 9.36. The summed E-state index contributed by atoms with van der Waals surface area (Å²) in [6.45, 7) is 5.81. The van der Waals surface area contributed by atoms with Gasteiger partial charge in [-0.1, -0.05) is 13.0 Å². The first-order valence-electron chi connectivity index (χ1n) is 7.87. The molecule has 0 heterocycles. The molecule has 0 aliphatic rings. The van der Waals surface area contributed by atoms with Gasteiger partial charge in [0, 0.05) is 32.4 Å². The maximum absolute atomic E-state index is 12.3. The molecule has 0 aliphatic carbocycles. The van der Waals surface area contributed by atoms with Gasteiger partial charge in [-0.15, -0.1) is 0 Å². The summed E-state index contributed by atoms with van der Waals surface area (Å²) >= 11 is 0. The quantitative estimate of drug-likeness (QED) is 0.577. The lowest BCUT2D eigenvalue weighted by Crippen LogP contribution is -2.27. The molecule has 0 atom stereocenters. The fourth-order valence-electron chi connectivity index (χ4n) is 2.00. The fraction of sp³-hybridized carbons (Fsp3) is 0.562. The van der Waals surface area contributed by atoms with Crippen molar-refractivity contribution in [1.29, 1.82) is 0 Å². The number of nitrogens with one attached hydrogen (secondary N) is 2. The lowest BCUT2D eigenvalue weighted by molar-refractivity contribution is 0.0688. The minimum absolute atomic E-state index is 0.0861. The maximum atomic E-state index is 12.3. The van der Waals surface area contributed by atoms with Crippen molar-refractivity contribution >= 4 is 15.9 Å². The number of benzene rings is 1. The lowest BCUT2D eigenvalue weighted by atomic mass is 10.1. The van der Waals surface area contributed by atoms with E-state index >= 15 is 0 Å². The summed E-state index contributed by atoms with van der Waals surface area (Å²) in [5.41, 5.74) is 1.08. The number of carbonyl (C=O) groups is 1. The van der Waals surface area contributed by atoms with E-state index in [1.54, 1.807) is 27.0 Å². The second-order valence-electron chi connectivity index (χ2n) is 5.19. The van der Waals surface area contributed by atoms with Crippen LogP contribution in [0.3, 0.4) is 0 Å². The normalized spacial score (nSPS) is 11.5. The van der Waals surface area contributed by atoms with Gasteiger partial charge >= 0.3 is 0 Å². The van der Waals surface area contributed by atoms with Gasteiger partial charge in [0.05, 0.1) is 18.1 Å². The number of hydrogen-bond donors (Lipinski definition) is 2. The van der Waals surface area contributed by atoms with Crippen molar-refractivity contribution < 1.29 is 22.7 Å². The SMILES string of the molecule is CCNS(=O)(=O)c1ccc(C)c(C(=O)NCCCOCCOC)c1. The number of carbonyl (C=O) groups excluding carboxylic acids is 1. The first-order chi connectivity index (χ1) is 11.4. The Morgan fingerprint density at radius 1 is 1.21 bits per heavy atom. The Kier molecular flexibility index (Phi) is 8.91. The molecule has 1 aromatic rings. The molecule has 0 spiro atoms. The van der Waals surface area contributed by atoms with Gasteiger partial charge in [0.1, 0.15) is 0 Å². The third kappa shape index (κ3) is 6.56. The molecule has 1 amide bonds. The number of rotatable bonds is 11. The van der Waals surface area contributed by atoms with Crippen LogP contribution in [0.2, 0.25) is 0 Å². The van der Waals surface area contributed by atoms with E-state index in [2.05, 4.69) is 10.0 Å². The predicted molar refractivity (Wildman–Crippen MR) is 91.7 cm³/mol. The lowest BCUT2D eigenvalue weighted by Gasteiger charge is -2.11. The summed E-state index contributed by atoms with van der Waals surface area (Å²) in [6, 6.07) is 4.53. The highest BCUT2D eigenvalue weighted by molar-refractivity contribution is 7.89. The number of sulfonamides is 1. The van der Waals surface area contributed by atoms with Gasteiger partial charge in [-0.25, -0.2) is 13.1 Å². The third-order valence-electron chi connectivity index (χ3n) is 3.28. The van der Waals surface area contributed by atoms with Crippen molar-refractivity contribution in [2.75, 3.05) is 40.0 Å². The van der Waals surface area contributed by atoms with E-state index in [-0.39, 0.29) is 10.8 Å². The van der Waals surface area contributed by atoms with Gasteiger partial charge in [-0.3, -0.25) is 4.79 Å². The van der Waals surface area contributed by atoms with E-state index in [1.807, 2.05) is 0 Å². The molecule has 2 N–H and O–H groups in total. The second-order valence-corrected chi connectivity index (χ2v) is 6.96. The average Bonchev–Trinajstić information content (AvgIpc) is 2.54. The van der Waals surface area contributed by atoms with Gasteiger partial charge in [0.25, 0.3) is 5.91 Å². The van der Waals surface area contributed by atoms with Crippen molar-refractivity contribution in [3.05, 3.63) is 29.3 Å². The molecule has 7 nitrogen and oxygen atoms in total. The molecule has 0 bridgehead atoms. The van der Waals surface area contributed by atoms with Gasteiger partial charge < -0.3 is 14.8 Å². The molecule has 0 aromatic heterocycles. The molecule has 0 saturated carbocycles. The minimum Gasteiger partial charge on any atom is -0.382 e. The molecule has 1 aromatic carbocycles. The summed E-state index contributed by atoms with van der Waals surface area (Å²) in [5.74, 6) is -0.294. The summed E-state index contributed by atoms with van der Waals surface area (Å²) < 4.78 is 36.7. The third-order valence-corrected chi connectivity index (χ3v) is 4.82. The average molecular weight is 358 g/mol. The standard InChI is InChI=1S/C16H26N2O5S/c1-4-18-24(20,21)14-7-6-13(2)15(12-14)16(19)17-8-5-9-23-11-10-22-3/h6-7,12,18H,4-5,8-11H2,1-3H3,(H,17,19). The molecule has 0 fully saturated rings. The summed E-state index contributed by atoms with van der Waals surface area (Å²) in [5, 5.41) is 2.78. The van der Waals surface area contributed by atoms with Crippen LogP contribution in [0.4, 0.5) is 0 Å². The van der Waals surface area contributed by atoms with E-state index in [0.717, 1.165) is 5.56 Å². The number of methoxy groups -OCH3 is 1. The van der Waals surface area contributed by atoms with Crippen LogP contribution in [0, 0.1) is 6.92 Å². The van der Waals surface area contributed by atoms with E-state index in [0.29, 0.717) is 44.9 Å². The molecule has 0 saturated heterocycles. The number of hydrogen-bond acceptors (Lipinski definition) is 5. The molecule has 0 aliphatic heterocycles. The van der Waals surface area contributed by atoms with Crippen LogP contribution in [-0.2, 0) is 19.5 Å². The van der Waals surface area contributed by atoms with Gasteiger partial charge in [0.2, 0.25) is 10.0 Å². The Morgan fingerprint density at radius 3 is 2.62 bits per heavy atom. The van der Waals surface area contributed by atoms with Crippen LogP contribution < -0.4 is 10.0 Å². The van der Waals surface area contributed by atoms with Crippen molar-refractivity contribution in [3.8, 4) is 0 Å². The molecule has 1 rings (SSSR count). The van der Waals surface area contributed by atoms with Crippen LogP contribution in [0.25, 0.3) is 0 Å². The Bertz CT molecular complexity index is 631. The predicted octanol–water partition coefficient (Wildman–Crippen LogP) is 1.08. The van der Waals surface area contributed by atoms with Crippen LogP contribution in [0.15, 0.2) is 23.1 Å². The Balaban J connectivity index is 2.61. The summed E-state index contributed by atoms with van der Waals surface area (Å²) in [7, 11) is -1.98. The summed E-state index contributed by atoms with van der Waals surface area (Å²) in [6.07, 6.45) is 0.671. The van der Waals surface area contributed by atoms with Crippen molar-refractivity contribution in [2.24, 2.45) is 0 Å². The smallest absolute Gasteiger partial charge is 0.251 e. The van der Waals surface area contributed by atoms with Crippen LogP contribution in [0.5, 0.6) is 0 Å². The number of aryl methyl sites for hydroxylation is 1. The van der Waals surface area contributed by atoms with Crippen LogP contribution in [0.1, 0.15) is 29.3 Å². The van der Waals surface area contributed by atoms with E-state index in [4.69, 9.17) is 9.47 Å². The molecular formula is C16H26N2O5S. The Hall–Kier alpha value is -1.48. The molecule has 136 valence electrons. The number of ether oxygens (including phenoxy) is 2. The molecule has 0 radical (unpaired) electrons. The van der Waals surface area contributed by atoms with Gasteiger partial charge in [-0.05, 0) is 31.0 Å². The van der Waals surface area contributed by atoms with Gasteiger partial charge in [-0.2, -0.15) is 0 Å². The summed E-state index contributed by atoms with van der Waals surface area (Å²) in [4.78, 5) is 12.3. The van der Waals surface area contributed by atoms with Crippen LogP contribution in [-0.4, -0.2) is 54.3 Å². The van der Waals surface area contributed by atoms with Crippen molar-refractivity contribution in [1.82, 2.24) is 10.0 Å². The van der Waals surface area contributed by atoms with E-state index < -0.39 is 10.0 Å². The highest BCUT2D eigenvalue weighted by Gasteiger charge is 2.17. The van der Waals surface area contributed by atoms with E-state index in [9.17, 15) is 13.2 Å². The molecule has 0 unspecified atom stereocenters. The monoisotopic (exact) mass is 358 g/mol. The maximum Gasteiger partial charge on any atom is 0.251 e. The highest BCUT2D eigenvalue weighted by atomic mass is 32.2. The topological polar surface area (TPSA) is 93.7 Å². The Labute approximate surface area is 143 Å². The van der Waals surface area contributed by atoms with Crippen molar-refractivity contribution in [2.45, 2.75) is 25.2 Å². The zero-order valence-corrected chi connectivity index (χ0v) is 15.2. The minimum atomic E-state index is -3.58. The van der Waals surface area contributed by atoms with Gasteiger partial charge in [0.15, 0.2) is 0 Å². The first kappa shape index (κ1) is 20.6. The zero-order chi connectivity index (χ0) is 18.0. The van der Waals surface area contributed by atoms with E-state index in [1.165, 1.54) is 12.1 Å². The Morgan fingerprint density at radius 2 is 1.96 bits per heavy atom. The molecule has 24 heavy (non-hydrogen) atoms. The second kappa shape index (κ2) is 10.4. The molecular weight excluding hydrogens is 332 g/mol. The highest BCUT2D eigenvalue weighted by Crippen LogP contribution is 2.15. The fourth-order valence-corrected chi connectivity index (χ4v) is 3.07. The largest absolute Gasteiger partial charge is 0.382 e. The number of amides is 1. The van der Waals surface area contributed by atoms with Crippen molar-refractivity contribution in [3.63, 3.8) is 0 Å². The zero-order valence-electron chi connectivity index (χ0n) is 14.4. The molecule has 8 heteroatoms. The van der Waals surface area contributed by atoms with Crippen LogP contribution >= 0.6 is 0 Å².